The summed E-state index contributed by atoms with van der Waals surface area (Å²) in [5.41, 5.74) is 1.54. The summed E-state index contributed by atoms with van der Waals surface area (Å²) in [7, 11) is 0. The zero-order valence-electron chi connectivity index (χ0n) is 14.7. The van der Waals surface area contributed by atoms with Gasteiger partial charge in [0.2, 0.25) is 0 Å². The number of thioether (sulfide) groups is 1. The highest BCUT2D eigenvalue weighted by Crippen LogP contribution is 2.38. The third-order valence-corrected chi connectivity index (χ3v) is 5.36. The number of furan rings is 1. The molecule has 0 aliphatic carbocycles. The highest BCUT2D eigenvalue weighted by atomic mass is 32.2. The van der Waals surface area contributed by atoms with E-state index in [0.29, 0.717) is 22.0 Å². The van der Waals surface area contributed by atoms with Crippen molar-refractivity contribution in [2.75, 3.05) is 0 Å². The van der Waals surface area contributed by atoms with Crippen molar-refractivity contribution in [3.8, 4) is 0 Å². The molecule has 7 heteroatoms. The maximum atomic E-state index is 13.3. The number of hydrogen-bond donors (Lipinski definition) is 0. The second kappa shape index (κ2) is 7.82. The summed E-state index contributed by atoms with van der Waals surface area (Å²) in [5.74, 6) is -0.0700. The van der Waals surface area contributed by atoms with E-state index >= 15 is 0 Å². The van der Waals surface area contributed by atoms with Gasteiger partial charge in [-0.05, 0) is 41.5 Å². The van der Waals surface area contributed by atoms with Gasteiger partial charge in [-0.1, -0.05) is 18.2 Å². The fourth-order valence-corrected chi connectivity index (χ4v) is 3.95. The quantitative estimate of drug-likeness (QED) is 0.591. The molecule has 0 fully saturated rings. The Labute approximate surface area is 164 Å². The molecule has 140 valence electrons. The van der Waals surface area contributed by atoms with Gasteiger partial charge in [-0.25, -0.2) is 4.39 Å². The second-order valence-corrected chi connectivity index (χ2v) is 7.12. The van der Waals surface area contributed by atoms with Crippen LogP contribution in [0.5, 0.6) is 0 Å². The van der Waals surface area contributed by atoms with Crippen LogP contribution in [0.25, 0.3) is 5.57 Å². The van der Waals surface area contributed by atoms with E-state index in [1.807, 2.05) is 0 Å². The van der Waals surface area contributed by atoms with Crippen LogP contribution in [0.15, 0.2) is 76.5 Å². The normalized spacial score (nSPS) is 14.2. The van der Waals surface area contributed by atoms with Crippen LogP contribution in [0.2, 0.25) is 0 Å². The number of hydrogen-bond acceptors (Lipinski definition) is 5. The second-order valence-electron chi connectivity index (χ2n) is 6.14. The van der Waals surface area contributed by atoms with Crippen molar-refractivity contribution in [1.29, 1.82) is 0 Å². The molecular formula is C21H15FN2O3S. The van der Waals surface area contributed by atoms with Crippen molar-refractivity contribution in [3.63, 3.8) is 0 Å². The first-order chi connectivity index (χ1) is 13.6. The third kappa shape index (κ3) is 3.61. The summed E-state index contributed by atoms with van der Waals surface area (Å²) in [4.78, 5) is 31.7. The molecule has 0 saturated heterocycles. The summed E-state index contributed by atoms with van der Waals surface area (Å²) in [6.45, 7) is 0.126. The van der Waals surface area contributed by atoms with Gasteiger partial charge < -0.3 is 4.42 Å². The van der Waals surface area contributed by atoms with Gasteiger partial charge in [0.05, 0.1) is 29.0 Å². The van der Waals surface area contributed by atoms with Gasteiger partial charge in [0.25, 0.3) is 11.8 Å². The van der Waals surface area contributed by atoms with Gasteiger partial charge in [0.15, 0.2) is 0 Å². The van der Waals surface area contributed by atoms with Crippen LogP contribution in [0.3, 0.4) is 0 Å². The zero-order valence-corrected chi connectivity index (χ0v) is 15.5. The van der Waals surface area contributed by atoms with E-state index in [-0.39, 0.29) is 18.0 Å². The maximum absolute atomic E-state index is 13.3. The molecule has 0 saturated carbocycles. The molecule has 3 heterocycles. The predicted octanol–water partition coefficient (Wildman–Crippen LogP) is 4.03. The molecule has 0 radical (unpaired) electrons. The molecule has 0 N–H and O–H groups in total. The average molecular weight is 394 g/mol. The van der Waals surface area contributed by atoms with Crippen LogP contribution < -0.4 is 0 Å². The molecule has 2 aromatic heterocycles. The van der Waals surface area contributed by atoms with Gasteiger partial charge in [-0.3, -0.25) is 19.5 Å². The fourth-order valence-electron chi connectivity index (χ4n) is 2.91. The monoisotopic (exact) mass is 394 g/mol. The van der Waals surface area contributed by atoms with Crippen molar-refractivity contribution in [2.24, 2.45) is 0 Å². The lowest BCUT2D eigenvalue weighted by molar-refractivity contribution is -0.137. The summed E-state index contributed by atoms with van der Waals surface area (Å²) in [5, 5.41) is 0. The Morgan fingerprint density at radius 1 is 1.04 bits per heavy atom. The minimum Gasteiger partial charge on any atom is -0.468 e. The van der Waals surface area contributed by atoms with Crippen LogP contribution in [0.1, 0.15) is 16.9 Å². The Kier molecular flexibility index (Phi) is 5.08. The van der Waals surface area contributed by atoms with E-state index in [1.54, 1.807) is 42.9 Å². The van der Waals surface area contributed by atoms with Crippen LogP contribution in [0, 0.1) is 5.82 Å². The first-order valence-electron chi connectivity index (χ1n) is 8.54. The number of pyridine rings is 1. The lowest BCUT2D eigenvalue weighted by Crippen LogP contribution is -2.31. The number of carbonyl (C=O) groups excluding carboxylic acids is 2. The van der Waals surface area contributed by atoms with Gasteiger partial charge in [0.1, 0.15) is 11.6 Å². The zero-order chi connectivity index (χ0) is 19.5. The minimum absolute atomic E-state index is 0.126. The lowest BCUT2D eigenvalue weighted by atomic mass is 10.1. The molecule has 1 aliphatic rings. The van der Waals surface area contributed by atoms with E-state index in [4.69, 9.17) is 4.42 Å². The smallest absolute Gasteiger partial charge is 0.268 e. The Hall–Kier alpha value is -3.19. The van der Waals surface area contributed by atoms with E-state index < -0.39 is 11.7 Å². The largest absolute Gasteiger partial charge is 0.468 e. The summed E-state index contributed by atoms with van der Waals surface area (Å²) < 4.78 is 18.7. The molecule has 0 unspecified atom stereocenters. The first-order valence-corrected chi connectivity index (χ1v) is 9.52. The average Bonchev–Trinajstić information content (AvgIpc) is 3.30. The molecule has 2 amide bonds. The number of aromatic nitrogens is 1. The van der Waals surface area contributed by atoms with Crippen LogP contribution >= 0.6 is 11.8 Å². The van der Waals surface area contributed by atoms with Crippen LogP contribution in [0.4, 0.5) is 4.39 Å². The molecule has 0 spiro atoms. The molecule has 3 aromatic rings. The highest BCUT2D eigenvalue weighted by Gasteiger charge is 2.39. The maximum Gasteiger partial charge on any atom is 0.268 e. The molecule has 5 nitrogen and oxygen atoms in total. The highest BCUT2D eigenvalue weighted by molar-refractivity contribution is 8.03. The molecule has 1 aromatic carbocycles. The van der Waals surface area contributed by atoms with Crippen LogP contribution in [-0.4, -0.2) is 21.7 Å². The van der Waals surface area contributed by atoms with E-state index in [2.05, 4.69) is 4.98 Å². The topological polar surface area (TPSA) is 63.4 Å². The number of carbonyl (C=O) groups is 2. The standard InChI is InChI=1S/C21H15FN2O3S/c22-16-7-5-15(6-8-16)18-19(28-13-17-4-2-10-27-17)21(26)24(20(18)25)12-14-3-1-9-23-11-14/h1-11H,12-13H2. The molecular weight excluding hydrogens is 379 g/mol. The third-order valence-electron chi connectivity index (χ3n) is 4.26. The molecule has 0 atom stereocenters. The van der Waals surface area contributed by atoms with Crippen molar-refractivity contribution < 1.29 is 18.4 Å². The number of imide groups is 1. The predicted molar refractivity (Wildman–Crippen MR) is 103 cm³/mol. The number of amides is 2. The van der Waals surface area contributed by atoms with Crippen molar-refractivity contribution in [2.45, 2.75) is 12.3 Å². The minimum atomic E-state index is -0.405. The fraction of sp³-hybridized carbons (Fsp3) is 0.0952. The number of halogens is 1. The molecule has 1 aliphatic heterocycles. The summed E-state index contributed by atoms with van der Waals surface area (Å²) >= 11 is 1.24. The lowest BCUT2D eigenvalue weighted by Gasteiger charge is -2.14. The number of benzene rings is 1. The van der Waals surface area contributed by atoms with Gasteiger partial charge in [0, 0.05) is 12.4 Å². The van der Waals surface area contributed by atoms with E-state index in [9.17, 15) is 14.0 Å². The Morgan fingerprint density at radius 3 is 2.54 bits per heavy atom. The first kappa shape index (κ1) is 18.2. The summed E-state index contributed by atoms with van der Waals surface area (Å²) in [6, 6.07) is 12.7. The van der Waals surface area contributed by atoms with Crippen molar-refractivity contribution in [1.82, 2.24) is 9.88 Å². The van der Waals surface area contributed by atoms with Gasteiger partial charge in [-0.2, -0.15) is 0 Å². The number of rotatable bonds is 6. The summed E-state index contributed by atoms with van der Waals surface area (Å²) in [6.07, 6.45) is 4.80. The number of nitrogens with zero attached hydrogens (tertiary/aromatic N) is 2. The van der Waals surface area contributed by atoms with Crippen molar-refractivity contribution >= 4 is 29.1 Å². The van der Waals surface area contributed by atoms with Crippen LogP contribution in [-0.2, 0) is 21.9 Å². The molecule has 0 bridgehead atoms. The van der Waals surface area contributed by atoms with Gasteiger partial charge >= 0.3 is 0 Å². The Bertz CT molecular complexity index is 1030. The molecule has 4 rings (SSSR count). The van der Waals surface area contributed by atoms with Gasteiger partial charge in [-0.15, -0.1) is 11.8 Å². The molecule has 28 heavy (non-hydrogen) atoms. The van der Waals surface area contributed by atoms with E-state index in [0.717, 1.165) is 5.56 Å². The SMILES string of the molecule is O=C1C(SCc2ccco2)=C(c2ccc(F)cc2)C(=O)N1Cc1cccnc1. The van der Waals surface area contributed by atoms with E-state index in [1.165, 1.54) is 40.9 Å². The Morgan fingerprint density at radius 2 is 1.86 bits per heavy atom. The van der Waals surface area contributed by atoms with Crippen molar-refractivity contribution in [3.05, 3.63) is 94.8 Å². The Balaban J connectivity index is 1.67.